The van der Waals surface area contributed by atoms with Crippen LogP contribution in [-0.4, -0.2) is 51.5 Å². The van der Waals surface area contributed by atoms with Crippen molar-refractivity contribution in [2.24, 2.45) is 5.92 Å². The molecule has 1 rings (SSSR count). The van der Waals surface area contributed by atoms with Crippen LogP contribution < -0.4 is 10.0 Å². The van der Waals surface area contributed by atoms with E-state index in [2.05, 4.69) is 16.6 Å². The van der Waals surface area contributed by atoms with Gasteiger partial charge in [0, 0.05) is 5.92 Å². The van der Waals surface area contributed by atoms with E-state index in [-0.39, 0.29) is 17.2 Å². The van der Waals surface area contributed by atoms with Gasteiger partial charge in [-0.25, -0.2) is 13.2 Å². The first-order valence-corrected chi connectivity index (χ1v) is 11.6. The summed E-state index contributed by atoms with van der Waals surface area (Å²) in [7, 11) is -2.67. The van der Waals surface area contributed by atoms with Gasteiger partial charge in [0.25, 0.3) is 0 Å². The minimum atomic E-state index is -3.90. The number of amides is 1. The van der Waals surface area contributed by atoms with Crippen molar-refractivity contribution in [3.8, 4) is 0 Å². The number of methoxy groups -OCH3 is 1. The van der Waals surface area contributed by atoms with Crippen molar-refractivity contribution in [3.63, 3.8) is 0 Å². The van der Waals surface area contributed by atoms with E-state index in [0.717, 1.165) is 5.56 Å². The predicted molar refractivity (Wildman–Crippen MR) is 112 cm³/mol. The summed E-state index contributed by atoms with van der Waals surface area (Å²) in [6.45, 7) is 7.20. The molecular weight excluding hydrogens is 400 g/mol. The Bertz CT molecular complexity index is 778. The molecule has 28 heavy (non-hydrogen) atoms. The lowest BCUT2D eigenvalue weighted by atomic mass is 10.0. The average Bonchev–Trinajstić information content (AvgIpc) is 2.68. The van der Waals surface area contributed by atoms with Crippen molar-refractivity contribution >= 4 is 33.7 Å². The fourth-order valence-electron chi connectivity index (χ4n) is 2.37. The van der Waals surface area contributed by atoms with Gasteiger partial charge in [0.05, 0.1) is 12.0 Å². The number of thioether (sulfide) groups is 1. The molecule has 0 aliphatic heterocycles. The van der Waals surface area contributed by atoms with E-state index in [0.29, 0.717) is 5.75 Å². The molecular formula is C19H28N2O5S2. The highest BCUT2D eigenvalue weighted by atomic mass is 32.2. The van der Waals surface area contributed by atoms with Gasteiger partial charge in [-0.05, 0) is 37.5 Å². The third-order valence-corrected chi connectivity index (χ3v) is 6.34. The second-order valence-electron chi connectivity index (χ2n) is 6.37. The molecule has 0 fully saturated rings. The Kier molecular flexibility index (Phi) is 9.71. The minimum absolute atomic E-state index is 0.0732. The Hall–Kier alpha value is -1.84. The van der Waals surface area contributed by atoms with Gasteiger partial charge in [-0.3, -0.25) is 4.79 Å². The predicted octanol–water partition coefficient (Wildman–Crippen LogP) is 1.87. The summed E-state index contributed by atoms with van der Waals surface area (Å²) >= 11 is 1.49. The van der Waals surface area contributed by atoms with Crippen molar-refractivity contribution in [1.82, 2.24) is 10.0 Å². The average molecular weight is 429 g/mol. The zero-order valence-electron chi connectivity index (χ0n) is 16.6. The van der Waals surface area contributed by atoms with Crippen LogP contribution in [0.25, 0.3) is 0 Å². The van der Waals surface area contributed by atoms with Crippen LogP contribution in [0.1, 0.15) is 18.9 Å². The molecule has 0 aliphatic carbocycles. The number of hydrogen-bond donors (Lipinski definition) is 2. The fraction of sp³-hybridized carbons (Fsp3) is 0.474. The van der Waals surface area contributed by atoms with E-state index in [9.17, 15) is 18.0 Å². The maximum atomic E-state index is 12.8. The van der Waals surface area contributed by atoms with E-state index in [1.807, 2.05) is 13.2 Å². The molecule has 0 spiro atoms. The summed E-state index contributed by atoms with van der Waals surface area (Å²) < 4.78 is 32.5. The van der Waals surface area contributed by atoms with E-state index >= 15 is 0 Å². The number of hydrogen-bond acceptors (Lipinski definition) is 6. The van der Waals surface area contributed by atoms with Crippen LogP contribution in [0.2, 0.25) is 0 Å². The Labute approximate surface area is 171 Å². The summed E-state index contributed by atoms with van der Waals surface area (Å²) in [4.78, 5) is 24.8. The maximum Gasteiger partial charge on any atom is 0.328 e. The second-order valence-corrected chi connectivity index (χ2v) is 9.07. The van der Waals surface area contributed by atoms with E-state index in [1.165, 1.54) is 37.1 Å². The lowest BCUT2D eigenvalue weighted by Crippen LogP contribution is -2.53. The van der Waals surface area contributed by atoms with Crippen LogP contribution in [0.4, 0.5) is 0 Å². The van der Waals surface area contributed by atoms with E-state index < -0.39 is 34.0 Å². The highest BCUT2D eigenvalue weighted by molar-refractivity contribution is 7.98. The van der Waals surface area contributed by atoms with Crippen LogP contribution in [0, 0.1) is 12.8 Å². The Balaban J connectivity index is 3.05. The van der Waals surface area contributed by atoms with Crippen LogP contribution in [0.5, 0.6) is 0 Å². The summed E-state index contributed by atoms with van der Waals surface area (Å²) in [6, 6.07) is 4.37. The maximum absolute atomic E-state index is 12.8. The zero-order valence-corrected chi connectivity index (χ0v) is 18.2. The molecule has 9 heteroatoms. The Morgan fingerprint density at radius 1 is 1.29 bits per heavy atom. The number of carbonyl (C=O) groups excluding carboxylic acids is 2. The number of aryl methyl sites for hydroxylation is 1. The Morgan fingerprint density at radius 2 is 1.89 bits per heavy atom. The number of esters is 1. The highest BCUT2D eigenvalue weighted by Crippen LogP contribution is 2.13. The van der Waals surface area contributed by atoms with Crippen molar-refractivity contribution in [3.05, 3.63) is 42.5 Å². The van der Waals surface area contributed by atoms with E-state index in [1.54, 1.807) is 19.1 Å². The largest absolute Gasteiger partial charge is 0.467 e. The van der Waals surface area contributed by atoms with Crippen LogP contribution in [0.15, 0.2) is 41.8 Å². The van der Waals surface area contributed by atoms with Gasteiger partial charge >= 0.3 is 5.97 Å². The lowest BCUT2D eigenvalue weighted by Gasteiger charge is -2.24. The van der Waals surface area contributed by atoms with Gasteiger partial charge in [0.15, 0.2) is 0 Å². The number of nitrogens with one attached hydrogen (secondary N) is 2. The zero-order chi connectivity index (χ0) is 21.3. The Morgan fingerprint density at radius 3 is 2.39 bits per heavy atom. The molecule has 0 aliphatic rings. The van der Waals surface area contributed by atoms with Gasteiger partial charge in [-0.1, -0.05) is 30.7 Å². The van der Waals surface area contributed by atoms with Gasteiger partial charge in [-0.2, -0.15) is 16.5 Å². The van der Waals surface area contributed by atoms with Gasteiger partial charge < -0.3 is 10.1 Å². The van der Waals surface area contributed by atoms with Crippen molar-refractivity contribution in [2.45, 2.75) is 37.2 Å². The second kappa shape index (κ2) is 11.2. The molecule has 0 heterocycles. The monoisotopic (exact) mass is 428 g/mol. The summed E-state index contributed by atoms with van der Waals surface area (Å²) in [5, 5.41) is 2.59. The van der Waals surface area contributed by atoms with Gasteiger partial charge in [-0.15, -0.1) is 6.58 Å². The standard InChI is InChI=1S/C19H28N2O5S2/c1-6-14(3)17(19(23)26-4)20-18(22)16(11-12-27-5)21-28(24,25)15-9-7-13(2)8-10-15/h6-10,14,16-17,21H,1,11-12H2,2-5H3,(H,20,22)/t14-,16-,17+/m0/s1. The molecule has 156 valence electrons. The normalized spacial score (nSPS) is 14.6. The molecule has 7 nitrogen and oxygen atoms in total. The van der Waals surface area contributed by atoms with Gasteiger partial charge in [0.1, 0.15) is 12.1 Å². The number of ether oxygens (including phenoxy) is 1. The number of benzene rings is 1. The quantitative estimate of drug-likeness (QED) is 0.412. The number of sulfonamides is 1. The van der Waals surface area contributed by atoms with Gasteiger partial charge in [0.2, 0.25) is 15.9 Å². The lowest BCUT2D eigenvalue weighted by molar-refractivity contribution is -0.146. The number of rotatable bonds is 11. The molecule has 0 saturated heterocycles. The molecule has 1 aromatic carbocycles. The van der Waals surface area contributed by atoms with Crippen molar-refractivity contribution in [1.29, 1.82) is 0 Å². The summed E-state index contributed by atoms with van der Waals surface area (Å²) in [5.74, 6) is -1.03. The van der Waals surface area contributed by atoms with Crippen molar-refractivity contribution in [2.75, 3.05) is 19.1 Å². The minimum Gasteiger partial charge on any atom is -0.467 e. The smallest absolute Gasteiger partial charge is 0.328 e. The molecule has 0 radical (unpaired) electrons. The first-order chi connectivity index (χ1) is 13.2. The summed E-state index contributed by atoms with van der Waals surface area (Å²) in [5.41, 5.74) is 0.926. The molecule has 0 aromatic heterocycles. The molecule has 3 atom stereocenters. The first-order valence-electron chi connectivity index (χ1n) is 8.75. The molecule has 1 aromatic rings. The third kappa shape index (κ3) is 6.96. The third-order valence-electron chi connectivity index (χ3n) is 4.21. The van der Waals surface area contributed by atoms with E-state index in [4.69, 9.17) is 4.74 Å². The fourth-order valence-corrected chi connectivity index (χ4v) is 4.08. The molecule has 0 bridgehead atoms. The molecule has 0 unspecified atom stereocenters. The topological polar surface area (TPSA) is 102 Å². The van der Waals surface area contributed by atoms with Crippen LogP contribution in [-0.2, 0) is 24.3 Å². The SMILES string of the molecule is C=C[C@H](C)[C@@H](NC(=O)[C@H](CCSC)NS(=O)(=O)c1ccc(C)cc1)C(=O)OC. The molecule has 1 amide bonds. The first kappa shape index (κ1) is 24.2. The van der Waals surface area contributed by atoms with Crippen LogP contribution >= 0.6 is 11.8 Å². The number of carbonyl (C=O) groups is 2. The molecule has 0 saturated carbocycles. The highest BCUT2D eigenvalue weighted by Gasteiger charge is 2.31. The molecule has 2 N–H and O–H groups in total. The van der Waals surface area contributed by atoms with Crippen LogP contribution in [0.3, 0.4) is 0 Å². The summed E-state index contributed by atoms with van der Waals surface area (Å²) in [6.07, 6.45) is 3.66. The van der Waals surface area contributed by atoms with Crippen molar-refractivity contribution < 1.29 is 22.7 Å².